The summed E-state index contributed by atoms with van der Waals surface area (Å²) in [6.45, 7) is 6.16. The molecule has 0 bridgehead atoms. The molecule has 1 rings (SSSR count). The number of carbonyl (C=O) groups is 1. The molecule has 0 spiro atoms. The third-order valence-electron chi connectivity index (χ3n) is 1.95. The fraction of sp³-hybridized carbons (Fsp3) is 0.600. The molecule has 0 radical (unpaired) electrons. The van der Waals surface area contributed by atoms with Crippen molar-refractivity contribution in [3.63, 3.8) is 0 Å². The minimum Gasteiger partial charge on any atom is -0.466 e. The highest BCUT2D eigenvalue weighted by Crippen LogP contribution is 2.10. The van der Waals surface area contributed by atoms with E-state index in [1.165, 1.54) is 0 Å². The summed E-state index contributed by atoms with van der Waals surface area (Å²) in [4.78, 5) is 11.2. The van der Waals surface area contributed by atoms with Gasteiger partial charge in [0, 0.05) is 6.20 Å². The fourth-order valence-corrected chi connectivity index (χ4v) is 1.23. The maximum atomic E-state index is 11.2. The van der Waals surface area contributed by atoms with Crippen LogP contribution >= 0.6 is 0 Å². The number of carbonyl (C=O) groups excluding carboxylic acids is 1. The van der Waals surface area contributed by atoms with Crippen LogP contribution in [0.15, 0.2) is 12.4 Å². The molecule has 0 saturated heterocycles. The molecule has 1 aromatic heterocycles. The zero-order valence-electron chi connectivity index (χ0n) is 8.86. The molecular weight excluding hydrogens is 180 g/mol. The summed E-state index contributed by atoms with van der Waals surface area (Å²) in [5, 5.41) is 4.14. The van der Waals surface area contributed by atoms with Crippen molar-refractivity contribution in [1.29, 1.82) is 0 Å². The summed E-state index contributed by atoms with van der Waals surface area (Å²) in [7, 11) is 0. The van der Waals surface area contributed by atoms with Crippen molar-refractivity contribution < 1.29 is 9.53 Å². The normalized spacial score (nSPS) is 12.5. The van der Waals surface area contributed by atoms with Crippen molar-refractivity contribution in [2.45, 2.75) is 33.2 Å². The number of esters is 1. The third kappa shape index (κ3) is 2.87. The van der Waals surface area contributed by atoms with Gasteiger partial charge in [-0.3, -0.25) is 9.48 Å². The van der Waals surface area contributed by atoms with Gasteiger partial charge in [0.2, 0.25) is 0 Å². The molecule has 1 atom stereocenters. The molecule has 0 aliphatic heterocycles. The third-order valence-corrected chi connectivity index (χ3v) is 1.95. The lowest BCUT2D eigenvalue weighted by atomic mass is 10.2. The summed E-state index contributed by atoms with van der Waals surface area (Å²) in [5.74, 6) is -0.173. The molecule has 0 aromatic carbocycles. The van der Waals surface area contributed by atoms with Crippen LogP contribution in [0.4, 0.5) is 0 Å². The Bertz CT molecular complexity index is 307. The maximum absolute atomic E-state index is 11.2. The molecule has 0 N–H and O–H groups in total. The van der Waals surface area contributed by atoms with Crippen molar-refractivity contribution in [2.75, 3.05) is 6.61 Å². The minimum absolute atomic E-state index is 0.0581. The van der Waals surface area contributed by atoms with Crippen LogP contribution in [0.25, 0.3) is 0 Å². The second-order valence-electron chi connectivity index (χ2n) is 3.36. The number of rotatable bonds is 4. The van der Waals surface area contributed by atoms with E-state index in [1.807, 2.05) is 20.0 Å². The molecule has 4 nitrogen and oxygen atoms in total. The van der Waals surface area contributed by atoms with E-state index in [0.717, 1.165) is 5.56 Å². The van der Waals surface area contributed by atoms with Gasteiger partial charge >= 0.3 is 5.97 Å². The van der Waals surface area contributed by atoms with E-state index in [4.69, 9.17) is 4.74 Å². The Balaban J connectivity index is 2.50. The van der Waals surface area contributed by atoms with Crippen LogP contribution in [0.1, 0.15) is 31.9 Å². The van der Waals surface area contributed by atoms with E-state index < -0.39 is 0 Å². The lowest BCUT2D eigenvalue weighted by Crippen LogP contribution is -2.13. The molecule has 78 valence electrons. The van der Waals surface area contributed by atoms with Gasteiger partial charge in [-0.1, -0.05) is 0 Å². The smallest absolute Gasteiger partial charge is 0.307 e. The standard InChI is InChI=1S/C10H16N2O2/c1-4-14-10(13)5-9(3)12-7-8(2)6-11-12/h6-7,9H,4-5H2,1-3H3. The molecule has 1 heterocycles. The van der Waals surface area contributed by atoms with Gasteiger partial charge in [0.1, 0.15) is 0 Å². The molecule has 4 heteroatoms. The first-order valence-corrected chi connectivity index (χ1v) is 4.80. The van der Waals surface area contributed by atoms with Gasteiger partial charge < -0.3 is 4.74 Å². The van der Waals surface area contributed by atoms with E-state index >= 15 is 0 Å². The Labute approximate surface area is 83.9 Å². The highest BCUT2D eigenvalue weighted by Gasteiger charge is 2.11. The predicted octanol–water partition coefficient (Wildman–Crippen LogP) is 1.71. The lowest BCUT2D eigenvalue weighted by Gasteiger charge is -2.10. The van der Waals surface area contributed by atoms with E-state index in [9.17, 15) is 4.79 Å². The second-order valence-corrected chi connectivity index (χ2v) is 3.36. The average Bonchev–Trinajstić information content (AvgIpc) is 2.52. The molecule has 14 heavy (non-hydrogen) atoms. The molecular formula is C10H16N2O2. The average molecular weight is 196 g/mol. The summed E-state index contributed by atoms with van der Waals surface area (Å²) in [6.07, 6.45) is 4.07. The first kappa shape index (κ1) is 10.8. The molecule has 0 amide bonds. The highest BCUT2D eigenvalue weighted by atomic mass is 16.5. The Hall–Kier alpha value is -1.32. The summed E-state index contributed by atoms with van der Waals surface area (Å²) < 4.78 is 6.64. The summed E-state index contributed by atoms with van der Waals surface area (Å²) in [6, 6.07) is 0.0581. The van der Waals surface area contributed by atoms with E-state index in [-0.39, 0.29) is 12.0 Å². The number of nitrogens with zero attached hydrogens (tertiary/aromatic N) is 2. The largest absolute Gasteiger partial charge is 0.466 e. The van der Waals surface area contributed by atoms with Crippen LogP contribution in [0.2, 0.25) is 0 Å². The van der Waals surface area contributed by atoms with Gasteiger partial charge in [0.25, 0.3) is 0 Å². The quantitative estimate of drug-likeness (QED) is 0.688. The van der Waals surface area contributed by atoms with E-state index in [0.29, 0.717) is 13.0 Å². The van der Waals surface area contributed by atoms with E-state index in [1.54, 1.807) is 17.8 Å². The monoisotopic (exact) mass is 196 g/mol. The van der Waals surface area contributed by atoms with Crippen molar-refractivity contribution >= 4 is 5.97 Å². The van der Waals surface area contributed by atoms with Gasteiger partial charge in [-0.05, 0) is 26.3 Å². The molecule has 0 saturated carbocycles. The molecule has 0 aliphatic rings. The molecule has 1 unspecified atom stereocenters. The van der Waals surface area contributed by atoms with Gasteiger partial charge in [-0.25, -0.2) is 0 Å². The Morgan fingerprint density at radius 1 is 1.71 bits per heavy atom. The summed E-state index contributed by atoms with van der Waals surface area (Å²) in [5.41, 5.74) is 1.10. The van der Waals surface area contributed by atoms with E-state index in [2.05, 4.69) is 5.10 Å². The topological polar surface area (TPSA) is 44.1 Å². The number of aromatic nitrogens is 2. The number of ether oxygens (including phenoxy) is 1. The SMILES string of the molecule is CCOC(=O)CC(C)n1cc(C)cn1. The van der Waals surface area contributed by atoms with Gasteiger partial charge in [-0.15, -0.1) is 0 Å². The maximum Gasteiger partial charge on any atom is 0.307 e. The number of hydrogen-bond donors (Lipinski definition) is 0. The lowest BCUT2D eigenvalue weighted by molar-refractivity contribution is -0.143. The van der Waals surface area contributed by atoms with Crippen molar-refractivity contribution in [3.05, 3.63) is 18.0 Å². The first-order chi connectivity index (χ1) is 6.63. The fourth-order valence-electron chi connectivity index (χ4n) is 1.23. The minimum atomic E-state index is -0.173. The van der Waals surface area contributed by atoms with Crippen molar-refractivity contribution in [2.24, 2.45) is 0 Å². The number of hydrogen-bond acceptors (Lipinski definition) is 3. The van der Waals surface area contributed by atoms with Gasteiger partial charge in [0.15, 0.2) is 0 Å². The second kappa shape index (κ2) is 4.79. The van der Waals surface area contributed by atoms with Crippen LogP contribution in [0.5, 0.6) is 0 Å². The van der Waals surface area contributed by atoms with Crippen LogP contribution in [-0.2, 0) is 9.53 Å². The van der Waals surface area contributed by atoms with Crippen molar-refractivity contribution in [3.8, 4) is 0 Å². The zero-order chi connectivity index (χ0) is 10.6. The molecule has 0 fully saturated rings. The van der Waals surface area contributed by atoms with Crippen LogP contribution in [-0.4, -0.2) is 22.4 Å². The first-order valence-electron chi connectivity index (χ1n) is 4.80. The van der Waals surface area contributed by atoms with Crippen molar-refractivity contribution in [1.82, 2.24) is 9.78 Å². The zero-order valence-corrected chi connectivity index (χ0v) is 8.86. The Kier molecular flexibility index (Phi) is 3.68. The Morgan fingerprint density at radius 2 is 2.43 bits per heavy atom. The van der Waals surface area contributed by atoms with Gasteiger partial charge in [-0.2, -0.15) is 5.10 Å². The summed E-state index contributed by atoms with van der Waals surface area (Å²) >= 11 is 0. The predicted molar refractivity (Wildman–Crippen MR) is 52.9 cm³/mol. The highest BCUT2D eigenvalue weighted by molar-refractivity contribution is 5.69. The van der Waals surface area contributed by atoms with Crippen LogP contribution in [0.3, 0.4) is 0 Å². The number of aryl methyl sites for hydroxylation is 1. The molecule has 1 aromatic rings. The van der Waals surface area contributed by atoms with Gasteiger partial charge in [0.05, 0.1) is 25.3 Å². The Morgan fingerprint density at radius 3 is 2.93 bits per heavy atom. The van der Waals surface area contributed by atoms with Crippen LogP contribution in [0, 0.1) is 6.92 Å². The molecule has 0 aliphatic carbocycles. The van der Waals surface area contributed by atoms with Crippen LogP contribution < -0.4 is 0 Å².